The van der Waals surface area contributed by atoms with Gasteiger partial charge in [0.25, 0.3) is 0 Å². The van der Waals surface area contributed by atoms with Crippen LogP contribution in [0.2, 0.25) is 0 Å². The number of rotatable bonds is 4. The maximum Gasteiger partial charge on any atom is 0.328 e. The van der Waals surface area contributed by atoms with Crippen LogP contribution in [0, 0.1) is 5.41 Å². The second-order valence-electron chi connectivity index (χ2n) is 5.77. The van der Waals surface area contributed by atoms with Crippen LogP contribution in [0.3, 0.4) is 0 Å². The Balaban J connectivity index is 2.45. The highest BCUT2D eigenvalue weighted by molar-refractivity contribution is 5.85. The van der Waals surface area contributed by atoms with Gasteiger partial charge in [-0.15, -0.1) is 0 Å². The molecule has 114 valence electrons. The van der Waals surface area contributed by atoms with Crippen molar-refractivity contribution in [3.05, 3.63) is 0 Å². The first-order chi connectivity index (χ1) is 9.23. The van der Waals surface area contributed by atoms with Gasteiger partial charge in [-0.05, 0) is 0 Å². The molecular weight excluding hydrogens is 264 g/mol. The third kappa shape index (κ3) is 4.48. The van der Waals surface area contributed by atoms with Crippen molar-refractivity contribution >= 4 is 17.8 Å². The van der Waals surface area contributed by atoms with Gasteiger partial charge >= 0.3 is 5.97 Å². The Morgan fingerprint density at radius 2 is 2.00 bits per heavy atom. The van der Waals surface area contributed by atoms with E-state index in [2.05, 4.69) is 5.32 Å². The second-order valence-corrected chi connectivity index (χ2v) is 5.77. The van der Waals surface area contributed by atoms with E-state index in [4.69, 9.17) is 9.84 Å². The fraction of sp³-hybridized carbons (Fsp3) is 0.769. The predicted molar refractivity (Wildman–Crippen MR) is 71.0 cm³/mol. The molecule has 1 fully saturated rings. The summed E-state index contributed by atoms with van der Waals surface area (Å²) in [5.74, 6) is -1.49. The molecule has 0 aromatic carbocycles. The van der Waals surface area contributed by atoms with Crippen molar-refractivity contribution in [3.63, 3.8) is 0 Å². The average Bonchev–Trinajstić information content (AvgIpc) is 2.37. The van der Waals surface area contributed by atoms with Gasteiger partial charge in [-0.25, -0.2) is 4.79 Å². The molecule has 0 saturated carbocycles. The first kappa shape index (κ1) is 16.4. The Labute approximate surface area is 118 Å². The van der Waals surface area contributed by atoms with E-state index in [-0.39, 0.29) is 37.9 Å². The van der Waals surface area contributed by atoms with Crippen molar-refractivity contribution in [1.29, 1.82) is 0 Å². The van der Waals surface area contributed by atoms with Gasteiger partial charge in [-0.1, -0.05) is 20.8 Å². The average molecular weight is 286 g/mol. The summed E-state index contributed by atoms with van der Waals surface area (Å²) in [6.07, 6.45) is 0.0889. The smallest absolute Gasteiger partial charge is 0.328 e. The summed E-state index contributed by atoms with van der Waals surface area (Å²) < 4.78 is 5.07. The molecule has 0 bridgehead atoms. The topological polar surface area (TPSA) is 95.9 Å². The van der Waals surface area contributed by atoms with E-state index >= 15 is 0 Å². The lowest BCUT2D eigenvalue weighted by Crippen LogP contribution is -2.53. The van der Waals surface area contributed by atoms with Crippen molar-refractivity contribution < 1.29 is 24.2 Å². The molecule has 7 heteroatoms. The van der Waals surface area contributed by atoms with Gasteiger partial charge in [0, 0.05) is 24.9 Å². The Kier molecular flexibility index (Phi) is 5.50. The van der Waals surface area contributed by atoms with Gasteiger partial charge < -0.3 is 20.1 Å². The summed E-state index contributed by atoms with van der Waals surface area (Å²) in [4.78, 5) is 36.0. The molecule has 2 amide bonds. The molecule has 20 heavy (non-hydrogen) atoms. The third-order valence-corrected chi connectivity index (χ3v) is 3.04. The van der Waals surface area contributed by atoms with E-state index in [0.29, 0.717) is 6.61 Å². The monoisotopic (exact) mass is 286 g/mol. The molecule has 1 heterocycles. The fourth-order valence-electron chi connectivity index (χ4n) is 1.80. The number of hydrogen-bond donors (Lipinski definition) is 2. The number of morpholine rings is 1. The third-order valence-electron chi connectivity index (χ3n) is 3.04. The Morgan fingerprint density at radius 3 is 2.55 bits per heavy atom. The van der Waals surface area contributed by atoms with Gasteiger partial charge in [-0.3, -0.25) is 9.59 Å². The van der Waals surface area contributed by atoms with Crippen molar-refractivity contribution in [1.82, 2.24) is 10.2 Å². The largest absolute Gasteiger partial charge is 0.480 e. The molecule has 1 saturated heterocycles. The summed E-state index contributed by atoms with van der Waals surface area (Å²) in [5.41, 5.74) is -0.508. The maximum absolute atomic E-state index is 12.0. The first-order valence-corrected chi connectivity index (χ1v) is 6.62. The molecule has 0 aliphatic carbocycles. The number of carboxylic acids is 1. The highest BCUT2D eigenvalue weighted by Crippen LogP contribution is 2.13. The molecule has 0 spiro atoms. The summed E-state index contributed by atoms with van der Waals surface area (Å²) >= 11 is 0. The lowest BCUT2D eigenvalue weighted by molar-refractivity contribution is -0.158. The maximum atomic E-state index is 12.0. The number of nitrogens with zero attached hydrogens (tertiary/aromatic N) is 1. The minimum absolute atomic E-state index is 0.00935. The van der Waals surface area contributed by atoms with Crippen LogP contribution in [0.5, 0.6) is 0 Å². The van der Waals surface area contributed by atoms with Crippen molar-refractivity contribution in [2.24, 2.45) is 5.41 Å². The van der Waals surface area contributed by atoms with Crippen LogP contribution in [-0.4, -0.2) is 60.1 Å². The summed E-state index contributed by atoms with van der Waals surface area (Å²) in [6.45, 7) is 6.17. The first-order valence-electron chi connectivity index (χ1n) is 6.62. The summed E-state index contributed by atoms with van der Waals surface area (Å²) in [5, 5.41) is 11.7. The molecular formula is C13H22N2O5. The van der Waals surface area contributed by atoms with Gasteiger partial charge in [0.1, 0.15) is 0 Å². The highest BCUT2D eigenvalue weighted by atomic mass is 16.5. The highest BCUT2D eigenvalue weighted by Gasteiger charge is 2.32. The number of carbonyl (C=O) groups is 3. The molecule has 1 aliphatic heterocycles. The quantitative estimate of drug-likeness (QED) is 0.749. The Morgan fingerprint density at radius 1 is 1.35 bits per heavy atom. The number of amides is 2. The van der Waals surface area contributed by atoms with Crippen LogP contribution in [0.15, 0.2) is 0 Å². The number of nitrogens with one attached hydrogen (secondary N) is 1. The second kappa shape index (κ2) is 6.69. The Bertz CT molecular complexity index is 389. The van der Waals surface area contributed by atoms with E-state index in [1.54, 1.807) is 20.8 Å². The number of ether oxygens (including phenoxy) is 1. The molecule has 7 nitrogen and oxygen atoms in total. The normalized spacial score (nSPS) is 19.6. The van der Waals surface area contributed by atoms with E-state index in [1.807, 2.05) is 0 Å². The van der Waals surface area contributed by atoms with Crippen LogP contribution in [0.1, 0.15) is 27.2 Å². The zero-order valence-corrected chi connectivity index (χ0v) is 12.1. The lowest BCUT2D eigenvalue weighted by Gasteiger charge is -2.33. The van der Waals surface area contributed by atoms with Crippen LogP contribution in [0.4, 0.5) is 0 Å². The summed E-state index contributed by atoms with van der Waals surface area (Å²) in [7, 11) is 0. The zero-order valence-electron chi connectivity index (χ0n) is 12.1. The van der Waals surface area contributed by atoms with Crippen LogP contribution < -0.4 is 5.32 Å². The standard InChI is InChI=1S/C13H22N2O5/c1-13(2,3)12(19)14-5-4-10(16)15-6-7-20-8-9(15)11(17)18/h9H,4-8H2,1-3H3,(H,14,19)(H,17,18). The molecule has 2 N–H and O–H groups in total. The van der Waals surface area contributed by atoms with Crippen LogP contribution in [-0.2, 0) is 19.1 Å². The predicted octanol–water partition coefficient (Wildman–Crippen LogP) is -0.149. The molecule has 1 atom stereocenters. The molecule has 1 aliphatic rings. The minimum Gasteiger partial charge on any atom is -0.480 e. The number of carbonyl (C=O) groups excluding carboxylic acids is 2. The van der Waals surface area contributed by atoms with Gasteiger partial charge in [-0.2, -0.15) is 0 Å². The fourth-order valence-corrected chi connectivity index (χ4v) is 1.80. The van der Waals surface area contributed by atoms with E-state index in [1.165, 1.54) is 4.90 Å². The van der Waals surface area contributed by atoms with E-state index in [9.17, 15) is 14.4 Å². The van der Waals surface area contributed by atoms with E-state index in [0.717, 1.165) is 0 Å². The molecule has 1 rings (SSSR count). The Hall–Kier alpha value is -1.63. The number of carboxylic acid groups (broad SMARTS) is 1. The number of aliphatic carboxylic acids is 1. The zero-order chi connectivity index (χ0) is 15.3. The van der Waals surface area contributed by atoms with Gasteiger partial charge in [0.05, 0.1) is 13.2 Å². The van der Waals surface area contributed by atoms with Crippen molar-refractivity contribution in [3.8, 4) is 0 Å². The molecule has 0 radical (unpaired) electrons. The van der Waals surface area contributed by atoms with Gasteiger partial charge in [0.15, 0.2) is 6.04 Å². The van der Waals surface area contributed by atoms with Crippen molar-refractivity contribution in [2.45, 2.75) is 33.2 Å². The minimum atomic E-state index is -1.07. The number of hydrogen-bond acceptors (Lipinski definition) is 4. The molecule has 0 aromatic rings. The van der Waals surface area contributed by atoms with E-state index < -0.39 is 17.4 Å². The SMILES string of the molecule is CC(C)(C)C(=O)NCCC(=O)N1CCOCC1C(=O)O. The molecule has 1 unspecified atom stereocenters. The van der Waals surface area contributed by atoms with Crippen LogP contribution in [0.25, 0.3) is 0 Å². The lowest BCUT2D eigenvalue weighted by atomic mass is 9.96. The van der Waals surface area contributed by atoms with Gasteiger partial charge in [0.2, 0.25) is 11.8 Å². The van der Waals surface area contributed by atoms with Crippen molar-refractivity contribution in [2.75, 3.05) is 26.3 Å². The molecule has 0 aromatic heterocycles. The summed E-state index contributed by atoms with van der Waals surface area (Å²) in [6, 6.07) is -0.936. The van der Waals surface area contributed by atoms with Crippen LogP contribution >= 0.6 is 0 Å².